The molecule has 0 atom stereocenters. The summed E-state index contributed by atoms with van der Waals surface area (Å²) in [5.74, 6) is -0.457. The fraction of sp³-hybridized carbons (Fsp3) is 0.500. The van der Waals surface area contributed by atoms with E-state index in [-0.39, 0.29) is 11.4 Å². The summed E-state index contributed by atoms with van der Waals surface area (Å²) in [4.78, 5) is 11.0. The minimum atomic E-state index is -0.457. The third kappa shape index (κ3) is 1.36. The van der Waals surface area contributed by atoms with Gasteiger partial charge in [0.05, 0.1) is 0 Å². The van der Waals surface area contributed by atoms with Crippen molar-refractivity contribution in [2.75, 3.05) is 0 Å². The van der Waals surface area contributed by atoms with Crippen LogP contribution in [0.1, 0.15) is 19.3 Å². The number of carbonyl (C=O) groups is 1. The quantitative estimate of drug-likeness (QED) is 0.393. The van der Waals surface area contributed by atoms with Gasteiger partial charge in [0.2, 0.25) is 5.78 Å². The van der Waals surface area contributed by atoms with Crippen LogP contribution in [0.15, 0.2) is 10.3 Å². The molecule has 60 valence electrons. The van der Waals surface area contributed by atoms with Crippen molar-refractivity contribution < 1.29 is 15.2 Å². The minimum Gasteiger partial charge on any atom is -0.411 e. The van der Waals surface area contributed by atoms with Crippen molar-refractivity contribution in [1.29, 1.82) is 0 Å². The van der Waals surface area contributed by atoms with Gasteiger partial charge in [-0.3, -0.25) is 4.79 Å². The van der Waals surface area contributed by atoms with Crippen molar-refractivity contribution in [3.05, 3.63) is 0 Å². The zero-order valence-electron chi connectivity index (χ0n) is 5.82. The average Bonchev–Trinajstić information content (AvgIpc) is 2.05. The van der Waals surface area contributed by atoms with Gasteiger partial charge in [0.25, 0.3) is 0 Å². The SMILES string of the molecule is O=C1/C(=N\O)CCC/C1=N/O. The zero-order chi connectivity index (χ0) is 8.27. The van der Waals surface area contributed by atoms with E-state index in [9.17, 15) is 4.79 Å². The molecule has 0 amide bonds. The molecule has 11 heavy (non-hydrogen) atoms. The van der Waals surface area contributed by atoms with Gasteiger partial charge in [-0.2, -0.15) is 0 Å². The highest BCUT2D eigenvalue weighted by Gasteiger charge is 2.24. The van der Waals surface area contributed by atoms with E-state index < -0.39 is 5.78 Å². The Morgan fingerprint density at radius 3 is 1.91 bits per heavy atom. The molecule has 0 aliphatic heterocycles. The first kappa shape index (κ1) is 7.71. The zero-order valence-corrected chi connectivity index (χ0v) is 5.82. The van der Waals surface area contributed by atoms with Crippen LogP contribution in [0.5, 0.6) is 0 Å². The van der Waals surface area contributed by atoms with Crippen LogP contribution >= 0.6 is 0 Å². The Bertz CT molecular complexity index is 210. The molecule has 1 saturated carbocycles. The largest absolute Gasteiger partial charge is 0.411 e. The van der Waals surface area contributed by atoms with Crippen LogP contribution in [-0.2, 0) is 4.79 Å². The van der Waals surface area contributed by atoms with Gasteiger partial charge in [0.15, 0.2) is 0 Å². The minimum absolute atomic E-state index is 0.0732. The lowest BCUT2D eigenvalue weighted by Crippen LogP contribution is -2.28. The summed E-state index contributed by atoms with van der Waals surface area (Å²) >= 11 is 0. The van der Waals surface area contributed by atoms with E-state index >= 15 is 0 Å². The molecular formula is C6H8N2O3. The van der Waals surface area contributed by atoms with Gasteiger partial charge < -0.3 is 10.4 Å². The molecule has 2 N–H and O–H groups in total. The van der Waals surface area contributed by atoms with Crippen LogP contribution in [0.2, 0.25) is 0 Å². The van der Waals surface area contributed by atoms with Gasteiger partial charge in [0, 0.05) is 0 Å². The van der Waals surface area contributed by atoms with Crippen molar-refractivity contribution >= 4 is 17.2 Å². The van der Waals surface area contributed by atoms with Crippen molar-refractivity contribution in [3.63, 3.8) is 0 Å². The molecule has 1 aliphatic carbocycles. The normalized spacial score (nSPS) is 26.4. The van der Waals surface area contributed by atoms with E-state index in [1.54, 1.807) is 0 Å². The number of hydrogen-bond acceptors (Lipinski definition) is 5. The van der Waals surface area contributed by atoms with Gasteiger partial charge in [-0.15, -0.1) is 0 Å². The highest BCUT2D eigenvalue weighted by Crippen LogP contribution is 2.09. The maximum Gasteiger partial charge on any atom is 0.228 e. The third-order valence-electron chi connectivity index (χ3n) is 1.59. The van der Waals surface area contributed by atoms with Gasteiger partial charge in [-0.25, -0.2) is 0 Å². The highest BCUT2D eigenvalue weighted by molar-refractivity contribution is 6.67. The van der Waals surface area contributed by atoms with Crippen molar-refractivity contribution in [3.8, 4) is 0 Å². The first-order chi connectivity index (χ1) is 5.29. The summed E-state index contributed by atoms with van der Waals surface area (Å²) in [5.41, 5.74) is 0.146. The molecule has 1 aliphatic rings. The summed E-state index contributed by atoms with van der Waals surface area (Å²) in [6.45, 7) is 0. The number of rotatable bonds is 0. The van der Waals surface area contributed by atoms with Crippen molar-refractivity contribution in [1.82, 2.24) is 0 Å². The molecule has 5 nitrogen and oxygen atoms in total. The number of ketones is 1. The third-order valence-corrected chi connectivity index (χ3v) is 1.59. The molecule has 0 bridgehead atoms. The predicted octanol–water partition coefficient (Wildman–Crippen LogP) is 0.400. The molecule has 0 radical (unpaired) electrons. The Morgan fingerprint density at radius 1 is 1.09 bits per heavy atom. The molecule has 0 heterocycles. The molecule has 1 fully saturated rings. The topological polar surface area (TPSA) is 82.2 Å². The maximum absolute atomic E-state index is 11.0. The van der Waals surface area contributed by atoms with Gasteiger partial charge in [0.1, 0.15) is 11.4 Å². The monoisotopic (exact) mass is 156 g/mol. The molecule has 0 unspecified atom stereocenters. The lowest BCUT2D eigenvalue weighted by atomic mass is 9.95. The van der Waals surface area contributed by atoms with Gasteiger partial charge in [-0.1, -0.05) is 10.3 Å². The molecule has 0 aromatic carbocycles. The van der Waals surface area contributed by atoms with Gasteiger partial charge >= 0.3 is 0 Å². The Hall–Kier alpha value is -1.39. The second-order valence-electron chi connectivity index (χ2n) is 2.28. The van der Waals surface area contributed by atoms with Crippen LogP contribution in [0.3, 0.4) is 0 Å². The average molecular weight is 156 g/mol. The predicted molar refractivity (Wildman–Crippen MR) is 37.3 cm³/mol. The lowest BCUT2D eigenvalue weighted by molar-refractivity contribution is -0.108. The Labute approximate surface area is 63.0 Å². The molecule has 0 aromatic rings. The number of nitrogens with zero attached hydrogens (tertiary/aromatic N) is 2. The van der Waals surface area contributed by atoms with Crippen LogP contribution in [-0.4, -0.2) is 27.6 Å². The lowest BCUT2D eigenvalue weighted by Gasteiger charge is -2.09. The van der Waals surface area contributed by atoms with Crippen LogP contribution < -0.4 is 0 Å². The molecule has 5 heteroatoms. The molecule has 0 aromatic heterocycles. The Morgan fingerprint density at radius 2 is 1.55 bits per heavy atom. The molecule has 1 rings (SSSR count). The van der Waals surface area contributed by atoms with E-state index in [0.717, 1.165) is 0 Å². The first-order valence-electron chi connectivity index (χ1n) is 3.26. The Kier molecular flexibility index (Phi) is 2.20. The standard InChI is InChI=1S/C6H8N2O3/c9-6-4(7-10)2-1-3-5(6)8-11/h10-11H,1-3H2/b7-4-,8-5-. The fourth-order valence-corrected chi connectivity index (χ4v) is 1.01. The number of oxime groups is 2. The fourth-order valence-electron chi connectivity index (χ4n) is 1.01. The summed E-state index contributed by atoms with van der Waals surface area (Å²) in [7, 11) is 0. The van der Waals surface area contributed by atoms with Crippen molar-refractivity contribution in [2.45, 2.75) is 19.3 Å². The summed E-state index contributed by atoms with van der Waals surface area (Å²) < 4.78 is 0. The van der Waals surface area contributed by atoms with E-state index in [1.165, 1.54) is 0 Å². The van der Waals surface area contributed by atoms with Gasteiger partial charge in [-0.05, 0) is 19.3 Å². The van der Waals surface area contributed by atoms with E-state index in [4.69, 9.17) is 10.4 Å². The molecule has 0 saturated heterocycles. The number of hydrogen-bond donors (Lipinski definition) is 2. The summed E-state index contributed by atoms with van der Waals surface area (Å²) in [6, 6.07) is 0. The highest BCUT2D eigenvalue weighted by atomic mass is 16.4. The molecule has 0 spiro atoms. The summed E-state index contributed by atoms with van der Waals surface area (Å²) in [5, 5.41) is 22.2. The first-order valence-corrected chi connectivity index (χ1v) is 3.26. The number of Topliss-reactive ketones (excluding diaryl/α,β-unsaturated/α-hetero) is 1. The summed E-state index contributed by atoms with van der Waals surface area (Å²) in [6.07, 6.45) is 1.59. The Balaban J connectivity index is 2.84. The maximum atomic E-state index is 11.0. The van der Waals surface area contributed by atoms with Crippen LogP contribution in [0, 0.1) is 0 Å². The molecular weight excluding hydrogens is 148 g/mol. The van der Waals surface area contributed by atoms with Crippen molar-refractivity contribution in [2.24, 2.45) is 10.3 Å². The van der Waals surface area contributed by atoms with E-state index in [1.807, 2.05) is 0 Å². The number of carbonyl (C=O) groups excluding carboxylic acids is 1. The van der Waals surface area contributed by atoms with Crippen LogP contribution in [0.4, 0.5) is 0 Å². The second kappa shape index (κ2) is 3.14. The van der Waals surface area contributed by atoms with E-state index in [0.29, 0.717) is 19.3 Å². The second-order valence-corrected chi connectivity index (χ2v) is 2.28. The van der Waals surface area contributed by atoms with E-state index in [2.05, 4.69) is 10.3 Å². The smallest absolute Gasteiger partial charge is 0.228 e. The van der Waals surface area contributed by atoms with Crippen LogP contribution in [0.25, 0.3) is 0 Å².